The lowest BCUT2D eigenvalue weighted by Gasteiger charge is -2.22. The zero-order chi connectivity index (χ0) is 11.7. The van der Waals surface area contributed by atoms with Gasteiger partial charge >= 0.3 is 4.87 Å². The summed E-state index contributed by atoms with van der Waals surface area (Å²) in [5, 5.41) is 3.36. The molecule has 0 spiro atoms. The highest BCUT2D eigenvalue weighted by atomic mass is 32.1. The highest BCUT2D eigenvalue weighted by molar-refractivity contribution is 7.16. The maximum absolute atomic E-state index is 12.0. The maximum Gasteiger partial charge on any atom is 0.308 e. The van der Waals surface area contributed by atoms with Crippen LogP contribution in [0.1, 0.15) is 12.8 Å². The maximum atomic E-state index is 12.0. The van der Waals surface area contributed by atoms with E-state index in [1.54, 1.807) is 0 Å². The number of hydrogen-bond donors (Lipinski definition) is 1. The van der Waals surface area contributed by atoms with Crippen molar-refractivity contribution in [1.82, 2.24) is 9.88 Å². The number of nitrogens with zero attached hydrogens (tertiary/aromatic N) is 1. The molecule has 1 aliphatic heterocycles. The van der Waals surface area contributed by atoms with E-state index >= 15 is 0 Å². The lowest BCUT2D eigenvalue weighted by Crippen LogP contribution is -2.31. The predicted molar refractivity (Wildman–Crippen MR) is 71.7 cm³/mol. The molecule has 0 atom stereocenters. The third-order valence-corrected chi connectivity index (χ3v) is 4.43. The zero-order valence-electron chi connectivity index (χ0n) is 9.69. The normalized spacial score (nSPS) is 17.6. The Morgan fingerprint density at radius 1 is 1.29 bits per heavy atom. The van der Waals surface area contributed by atoms with Gasteiger partial charge < -0.3 is 5.32 Å². The van der Waals surface area contributed by atoms with E-state index in [0.29, 0.717) is 5.92 Å². The van der Waals surface area contributed by atoms with Gasteiger partial charge in [0, 0.05) is 6.54 Å². The van der Waals surface area contributed by atoms with Crippen LogP contribution in [0.3, 0.4) is 0 Å². The third-order valence-electron chi connectivity index (χ3n) is 3.47. The molecular formula is C13H16N2OS. The smallest absolute Gasteiger partial charge is 0.308 e. The highest BCUT2D eigenvalue weighted by Crippen LogP contribution is 2.20. The van der Waals surface area contributed by atoms with Gasteiger partial charge in [0.15, 0.2) is 0 Å². The van der Waals surface area contributed by atoms with Crippen molar-refractivity contribution in [2.24, 2.45) is 5.92 Å². The monoisotopic (exact) mass is 248 g/mol. The fourth-order valence-electron chi connectivity index (χ4n) is 2.51. The van der Waals surface area contributed by atoms with Crippen LogP contribution in [0.4, 0.5) is 0 Å². The Kier molecular flexibility index (Phi) is 2.99. The van der Waals surface area contributed by atoms with E-state index in [1.165, 1.54) is 24.2 Å². The van der Waals surface area contributed by atoms with Crippen molar-refractivity contribution in [3.63, 3.8) is 0 Å². The molecule has 17 heavy (non-hydrogen) atoms. The quantitative estimate of drug-likeness (QED) is 0.882. The molecule has 4 heteroatoms. The van der Waals surface area contributed by atoms with Crippen LogP contribution in [-0.4, -0.2) is 17.7 Å². The summed E-state index contributed by atoms with van der Waals surface area (Å²) in [5.74, 6) is 0.645. The Balaban J connectivity index is 1.93. The van der Waals surface area contributed by atoms with Crippen molar-refractivity contribution in [1.29, 1.82) is 0 Å². The molecule has 1 saturated heterocycles. The highest BCUT2D eigenvalue weighted by Gasteiger charge is 2.16. The minimum absolute atomic E-state index is 0.185. The van der Waals surface area contributed by atoms with E-state index in [1.807, 2.05) is 28.8 Å². The van der Waals surface area contributed by atoms with Crippen LogP contribution in [-0.2, 0) is 6.54 Å². The van der Waals surface area contributed by atoms with Crippen LogP contribution in [0.5, 0.6) is 0 Å². The molecule has 1 N–H and O–H groups in total. The van der Waals surface area contributed by atoms with Gasteiger partial charge in [-0.2, -0.15) is 0 Å². The first-order chi connectivity index (χ1) is 8.34. The number of fused-ring (bicyclic) bond motifs is 1. The van der Waals surface area contributed by atoms with E-state index in [2.05, 4.69) is 5.32 Å². The molecule has 1 aromatic carbocycles. The average Bonchev–Trinajstić information content (AvgIpc) is 2.68. The number of piperidine rings is 1. The van der Waals surface area contributed by atoms with E-state index in [9.17, 15) is 4.79 Å². The van der Waals surface area contributed by atoms with Crippen molar-refractivity contribution >= 4 is 21.6 Å². The number of hydrogen-bond acceptors (Lipinski definition) is 3. The summed E-state index contributed by atoms with van der Waals surface area (Å²) < 4.78 is 3.06. The molecule has 3 rings (SSSR count). The summed E-state index contributed by atoms with van der Waals surface area (Å²) in [6.07, 6.45) is 2.35. The van der Waals surface area contributed by atoms with E-state index < -0.39 is 0 Å². The summed E-state index contributed by atoms with van der Waals surface area (Å²) in [6, 6.07) is 8.08. The number of para-hydroxylation sites is 1. The van der Waals surface area contributed by atoms with Crippen molar-refractivity contribution in [3.8, 4) is 0 Å². The fraction of sp³-hybridized carbons (Fsp3) is 0.462. The second-order valence-corrected chi connectivity index (χ2v) is 5.63. The molecule has 0 saturated carbocycles. The van der Waals surface area contributed by atoms with Crippen LogP contribution < -0.4 is 10.2 Å². The lowest BCUT2D eigenvalue weighted by molar-refractivity contribution is 0.335. The van der Waals surface area contributed by atoms with Gasteiger partial charge in [-0.15, -0.1) is 0 Å². The number of rotatable bonds is 2. The first-order valence-corrected chi connectivity index (χ1v) is 6.95. The van der Waals surface area contributed by atoms with Gasteiger partial charge in [-0.05, 0) is 44.0 Å². The Morgan fingerprint density at radius 2 is 2.06 bits per heavy atom. The molecule has 1 aliphatic rings. The number of aromatic nitrogens is 1. The molecule has 0 bridgehead atoms. The standard InChI is InChI=1S/C13H16N2OS/c16-13-15(9-10-5-7-14-8-6-10)11-3-1-2-4-12(11)17-13/h1-4,10,14H,5-9H2. The predicted octanol–water partition coefficient (Wildman–Crippen LogP) is 2.06. The van der Waals surface area contributed by atoms with Crippen LogP contribution in [0.15, 0.2) is 29.1 Å². The molecule has 2 aromatic rings. The first kappa shape index (κ1) is 11.0. The summed E-state index contributed by atoms with van der Waals surface area (Å²) in [6.45, 7) is 3.05. The van der Waals surface area contributed by atoms with Gasteiger partial charge in [-0.1, -0.05) is 23.5 Å². The molecule has 0 amide bonds. The van der Waals surface area contributed by atoms with Crippen molar-refractivity contribution in [2.45, 2.75) is 19.4 Å². The molecular weight excluding hydrogens is 232 g/mol. The number of nitrogens with one attached hydrogen (secondary N) is 1. The minimum atomic E-state index is 0.185. The molecule has 1 fully saturated rings. The van der Waals surface area contributed by atoms with E-state index in [-0.39, 0.29) is 4.87 Å². The molecule has 90 valence electrons. The fourth-order valence-corrected chi connectivity index (χ4v) is 3.41. The van der Waals surface area contributed by atoms with Crippen LogP contribution in [0.25, 0.3) is 10.2 Å². The Hall–Kier alpha value is -1.13. The third kappa shape index (κ3) is 2.15. The molecule has 2 heterocycles. The van der Waals surface area contributed by atoms with Crippen LogP contribution in [0, 0.1) is 5.92 Å². The van der Waals surface area contributed by atoms with Gasteiger partial charge in [0.05, 0.1) is 10.2 Å². The largest absolute Gasteiger partial charge is 0.317 e. The van der Waals surface area contributed by atoms with Gasteiger partial charge in [0.25, 0.3) is 0 Å². The molecule has 0 radical (unpaired) electrons. The van der Waals surface area contributed by atoms with Crippen LogP contribution >= 0.6 is 11.3 Å². The summed E-state index contributed by atoms with van der Waals surface area (Å²) >= 11 is 1.36. The number of thiazole rings is 1. The average molecular weight is 248 g/mol. The van der Waals surface area contributed by atoms with Gasteiger partial charge in [0.1, 0.15) is 0 Å². The Labute approximate surface area is 104 Å². The van der Waals surface area contributed by atoms with Gasteiger partial charge in [-0.25, -0.2) is 0 Å². The Morgan fingerprint density at radius 3 is 2.88 bits per heavy atom. The number of benzene rings is 1. The molecule has 3 nitrogen and oxygen atoms in total. The molecule has 0 unspecified atom stereocenters. The second kappa shape index (κ2) is 4.63. The van der Waals surface area contributed by atoms with Gasteiger partial charge in [0.2, 0.25) is 0 Å². The van der Waals surface area contributed by atoms with E-state index in [4.69, 9.17) is 0 Å². The first-order valence-electron chi connectivity index (χ1n) is 6.14. The van der Waals surface area contributed by atoms with Gasteiger partial charge in [-0.3, -0.25) is 9.36 Å². The van der Waals surface area contributed by atoms with Crippen molar-refractivity contribution in [2.75, 3.05) is 13.1 Å². The van der Waals surface area contributed by atoms with Crippen molar-refractivity contribution in [3.05, 3.63) is 33.9 Å². The summed E-state index contributed by atoms with van der Waals surface area (Å²) in [4.78, 5) is 12.2. The summed E-state index contributed by atoms with van der Waals surface area (Å²) in [7, 11) is 0. The minimum Gasteiger partial charge on any atom is -0.317 e. The zero-order valence-corrected chi connectivity index (χ0v) is 10.5. The summed E-state index contributed by atoms with van der Waals surface area (Å²) in [5.41, 5.74) is 1.10. The Bertz CT molecular complexity index is 566. The van der Waals surface area contributed by atoms with E-state index in [0.717, 1.165) is 29.9 Å². The molecule has 1 aromatic heterocycles. The SMILES string of the molecule is O=c1sc2ccccc2n1CC1CCNCC1. The lowest BCUT2D eigenvalue weighted by atomic mass is 9.98. The van der Waals surface area contributed by atoms with Crippen molar-refractivity contribution < 1.29 is 0 Å². The second-order valence-electron chi connectivity index (χ2n) is 4.64. The molecule has 0 aliphatic carbocycles. The topological polar surface area (TPSA) is 34.0 Å². The van der Waals surface area contributed by atoms with Crippen LogP contribution in [0.2, 0.25) is 0 Å².